The number of non-ortho nitro benzene ring substituents is 1. The maximum Gasteiger partial charge on any atom is 0.335 e. The smallest absolute Gasteiger partial charge is 0.335 e. The molecule has 3 rings (SSSR count). The quantitative estimate of drug-likeness (QED) is 0.268. The SMILES string of the molecule is O=C(CCCN1C(=O)c2ccc([N+](=O)[O-])cc2C1=O)Nc1cc(C(=O)O)ccc1O. The highest BCUT2D eigenvalue weighted by molar-refractivity contribution is 6.21. The summed E-state index contributed by atoms with van der Waals surface area (Å²) in [5, 5.41) is 31.9. The van der Waals surface area contributed by atoms with Crippen molar-refractivity contribution in [2.75, 3.05) is 11.9 Å². The van der Waals surface area contributed by atoms with Crippen LogP contribution in [0.5, 0.6) is 5.75 Å². The van der Waals surface area contributed by atoms with E-state index in [1.54, 1.807) is 0 Å². The molecule has 0 radical (unpaired) electrons. The van der Waals surface area contributed by atoms with Crippen LogP contribution >= 0.6 is 0 Å². The third-order valence-electron chi connectivity index (χ3n) is 4.47. The van der Waals surface area contributed by atoms with Crippen LogP contribution in [0.4, 0.5) is 11.4 Å². The van der Waals surface area contributed by atoms with Crippen LogP contribution in [-0.2, 0) is 4.79 Å². The van der Waals surface area contributed by atoms with Crippen molar-refractivity contribution in [1.29, 1.82) is 0 Å². The molecule has 1 aliphatic heterocycles. The monoisotopic (exact) mass is 413 g/mol. The second-order valence-corrected chi connectivity index (χ2v) is 6.44. The number of amides is 3. The normalized spacial score (nSPS) is 12.6. The molecule has 0 spiro atoms. The van der Waals surface area contributed by atoms with E-state index in [0.717, 1.165) is 29.2 Å². The van der Waals surface area contributed by atoms with Gasteiger partial charge in [0.15, 0.2) is 0 Å². The van der Waals surface area contributed by atoms with E-state index < -0.39 is 28.6 Å². The van der Waals surface area contributed by atoms with Gasteiger partial charge >= 0.3 is 5.97 Å². The Bertz CT molecular complexity index is 1100. The molecule has 0 atom stereocenters. The van der Waals surface area contributed by atoms with E-state index in [1.807, 2.05) is 0 Å². The molecule has 1 heterocycles. The molecule has 0 aliphatic carbocycles. The molecule has 30 heavy (non-hydrogen) atoms. The van der Waals surface area contributed by atoms with Crippen molar-refractivity contribution in [3.63, 3.8) is 0 Å². The van der Waals surface area contributed by atoms with Gasteiger partial charge in [-0.2, -0.15) is 0 Å². The number of nitrogens with zero attached hydrogens (tertiary/aromatic N) is 2. The summed E-state index contributed by atoms with van der Waals surface area (Å²) in [6.07, 6.45) is -0.0247. The average molecular weight is 413 g/mol. The topological polar surface area (TPSA) is 167 Å². The first-order chi connectivity index (χ1) is 14.2. The maximum absolute atomic E-state index is 12.4. The second-order valence-electron chi connectivity index (χ2n) is 6.44. The van der Waals surface area contributed by atoms with Gasteiger partial charge in [-0.1, -0.05) is 0 Å². The molecule has 0 saturated heterocycles. The number of carbonyl (C=O) groups excluding carboxylic acids is 3. The van der Waals surface area contributed by atoms with Gasteiger partial charge in [0.05, 0.1) is 27.3 Å². The summed E-state index contributed by atoms with van der Waals surface area (Å²) in [5.41, 5.74) is -0.504. The van der Waals surface area contributed by atoms with Crippen LogP contribution in [0.3, 0.4) is 0 Å². The summed E-state index contributed by atoms with van der Waals surface area (Å²) in [4.78, 5) is 58.9. The van der Waals surface area contributed by atoms with Gasteiger partial charge in [0.2, 0.25) is 5.91 Å². The molecule has 0 bridgehead atoms. The number of anilines is 1. The Hall–Kier alpha value is -4.28. The van der Waals surface area contributed by atoms with E-state index >= 15 is 0 Å². The minimum Gasteiger partial charge on any atom is -0.506 e. The minimum absolute atomic E-state index is 0.0606. The molecule has 2 aromatic carbocycles. The molecule has 0 fully saturated rings. The maximum atomic E-state index is 12.4. The lowest BCUT2D eigenvalue weighted by Crippen LogP contribution is -2.31. The fourth-order valence-corrected chi connectivity index (χ4v) is 2.97. The number of hydrogen-bond donors (Lipinski definition) is 3. The van der Waals surface area contributed by atoms with E-state index in [1.165, 1.54) is 12.1 Å². The molecule has 3 N–H and O–H groups in total. The van der Waals surface area contributed by atoms with Crippen LogP contribution in [-0.4, -0.2) is 50.3 Å². The number of aromatic hydroxyl groups is 1. The summed E-state index contributed by atoms with van der Waals surface area (Å²) >= 11 is 0. The lowest BCUT2D eigenvalue weighted by atomic mass is 10.1. The number of carboxylic acid groups (broad SMARTS) is 1. The third kappa shape index (κ3) is 3.94. The number of benzene rings is 2. The first-order valence-corrected chi connectivity index (χ1v) is 8.70. The zero-order chi connectivity index (χ0) is 22.0. The predicted molar refractivity (Wildman–Crippen MR) is 101 cm³/mol. The molecule has 2 aromatic rings. The van der Waals surface area contributed by atoms with Crippen molar-refractivity contribution in [3.8, 4) is 5.75 Å². The van der Waals surface area contributed by atoms with Crippen molar-refractivity contribution >= 4 is 35.1 Å². The molecule has 3 amide bonds. The summed E-state index contributed by atoms with van der Waals surface area (Å²) in [5.74, 6) is -3.37. The summed E-state index contributed by atoms with van der Waals surface area (Å²) in [6, 6.07) is 6.82. The van der Waals surface area contributed by atoms with Crippen LogP contribution < -0.4 is 5.32 Å². The molecule has 0 aromatic heterocycles. The van der Waals surface area contributed by atoms with Crippen molar-refractivity contribution in [2.45, 2.75) is 12.8 Å². The number of nitro benzene ring substituents is 1. The standard InChI is InChI=1S/C19H15N3O8/c23-15-6-3-10(19(27)28)8-14(15)20-16(24)2-1-7-21-17(25)12-5-4-11(22(29)30)9-13(12)18(21)26/h3-6,8-9,23H,1-2,7H2,(H,20,24)(H,27,28). The van der Waals surface area contributed by atoms with E-state index in [-0.39, 0.29) is 53.2 Å². The predicted octanol–water partition coefficient (Wildman–Crippen LogP) is 2.01. The largest absolute Gasteiger partial charge is 0.506 e. The fraction of sp³-hybridized carbons (Fsp3) is 0.158. The Morgan fingerprint density at radius 1 is 1.07 bits per heavy atom. The van der Waals surface area contributed by atoms with Crippen molar-refractivity contribution < 1.29 is 34.3 Å². The molecule has 0 unspecified atom stereocenters. The molecule has 0 saturated carbocycles. The lowest BCUT2D eigenvalue weighted by molar-refractivity contribution is -0.384. The van der Waals surface area contributed by atoms with Crippen LogP contribution in [0, 0.1) is 10.1 Å². The number of nitro groups is 1. The Morgan fingerprint density at radius 3 is 2.43 bits per heavy atom. The van der Waals surface area contributed by atoms with Crippen LogP contribution in [0.15, 0.2) is 36.4 Å². The number of rotatable bonds is 7. The Balaban J connectivity index is 1.60. The van der Waals surface area contributed by atoms with Crippen molar-refractivity contribution in [1.82, 2.24) is 4.90 Å². The lowest BCUT2D eigenvalue weighted by Gasteiger charge is -2.13. The third-order valence-corrected chi connectivity index (χ3v) is 4.47. The Kier molecular flexibility index (Phi) is 5.45. The number of fused-ring (bicyclic) bond motifs is 1. The number of nitrogens with one attached hydrogen (secondary N) is 1. The molecule has 154 valence electrons. The number of carboxylic acids is 1. The fourth-order valence-electron chi connectivity index (χ4n) is 2.97. The molecule has 1 aliphatic rings. The van der Waals surface area contributed by atoms with E-state index in [4.69, 9.17) is 5.11 Å². The number of imide groups is 1. The van der Waals surface area contributed by atoms with E-state index in [2.05, 4.69) is 5.32 Å². The molecular weight excluding hydrogens is 398 g/mol. The number of hydrogen-bond acceptors (Lipinski definition) is 7. The summed E-state index contributed by atoms with van der Waals surface area (Å²) in [6.45, 7) is -0.0886. The van der Waals surface area contributed by atoms with Gasteiger partial charge in [0, 0.05) is 25.1 Å². The van der Waals surface area contributed by atoms with Crippen molar-refractivity contribution in [3.05, 3.63) is 63.2 Å². The number of carbonyl (C=O) groups is 4. The van der Waals surface area contributed by atoms with Crippen molar-refractivity contribution in [2.24, 2.45) is 0 Å². The molecule has 11 nitrogen and oxygen atoms in total. The first kappa shape index (κ1) is 20.5. The summed E-state index contributed by atoms with van der Waals surface area (Å²) < 4.78 is 0. The molecular formula is C19H15N3O8. The van der Waals surface area contributed by atoms with E-state index in [9.17, 15) is 34.4 Å². The zero-order valence-electron chi connectivity index (χ0n) is 15.3. The van der Waals surface area contributed by atoms with Crippen LogP contribution in [0.1, 0.15) is 43.9 Å². The van der Waals surface area contributed by atoms with E-state index in [0.29, 0.717) is 0 Å². The second kappa shape index (κ2) is 7.99. The Morgan fingerprint density at radius 2 is 1.77 bits per heavy atom. The highest BCUT2D eigenvalue weighted by Crippen LogP contribution is 2.27. The van der Waals surface area contributed by atoms with Gasteiger partial charge in [0.1, 0.15) is 5.75 Å². The van der Waals surface area contributed by atoms with Crippen LogP contribution in [0.25, 0.3) is 0 Å². The number of aromatic carboxylic acids is 1. The van der Waals surface area contributed by atoms with Gasteiger partial charge in [-0.25, -0.2) is 4.79 Å². The highest BCUT2D eigenvalue weighted by atomic mass is 16.6. The first-order valence-electron chi connectivity index (χ1n) is 8.70. The molecule has 11 heteroatoms. The van der Waals surface area contributed by atoms with Gasteiger partial charge < -0.3 is 15.5 Å². The number of phenols is 1. The van der Waals surface area contributed by atoms with Gasteiger partial charge in [-0.3, -0.25) is 29.4 Å². The zero-order valence-corrected chi connectivity index (χ0v) is 15.3. The van der Waals surface area contributed by atoms with Gasteiger partial charge in [-0.05, 0) is 30.7 Å². The average Bonchev–Trinajstić information content (AvgIpc) is 2.93. The highest BCUT2D eigenvalue weighted by Gasteiger charge is 2.36. The summed E-state index contributed by atoms with van der Waals surface area (Å²) in [7, 11) is 0. The minimum atomic E-state index is -1.23. The van der Waals surface area contributed by atoms with Crippen LogP contribution in [0.2, 0.25) is 0 Å². The number of phenolic OH excluding ortho intramolecular Hbond substituents is 1. The van der Waals surface area contributed by atoms with Gasteiger partial charge in [-0.15, -0.1) is 0 Å². The Labute approximate surface area is 168 Å². The van der Waals surface area contributed by atoms with Gasteiger partial charge in [0.25, 0.3) is 17.5 Å².